The number of nitrogens with zero attached hydrogens (tertiary/aromatic N) is 2. The molecule has 158 valence electrons. The van der Waals surface area contributed by atoms with Gasteiger partial charge in [0.2, 0.25) is 0 Å². The van der Waals surface area contributed by atoms with E-state index in [1.165, 1.54) is 6.07 Å². The van der Waals surface area contributed by atoms with Crippen LogP contribution in [-0.4, -0.2) is 15.3 Å². The van der Waals surface area contributed by atoms with Crippen LogP contribution in [-0.2, 0) is 0 Å². The number of hydrogen-bond donors (Lipinski definition) is 1. The third kappa shape index (κ3) is 3.65. The highest BCUT2D eigenvalue weighted by atomic mass is 79.9. The van der Waals surface area contributed by atoms with E-state index in [2.05, 4.69) is 37.2 Å². The summed E-state index contributed by atoms with van der Waals surface area (Å²) >= 11 is 6.79. The van der Waals surface area contributed by atoms with Crippen LogP contribution in [0.1, 0.15) is 15.9 Å². The first-order chi connectivity index (χ1) is 15.4. The highest BCUT2D eigenvalue weighted by molar-refractivity contribution is 9.11. The first-order valence-corrected chi connectivity index (χ1v) is 11.3. The molecule has 1 amide bonds. The van der Waals surface area contributed by atoms with Gasteiger partial charge >= 0.3 is 5.63 Å². The number of fused-ring (bicyclic) bond motifs is 2. The van der Waals surface area contributed by atoms with Crippen LogP contribution in [0.2, 0.25) is 0 Å². The molecule has 2 aromatic carbocycles. The molecule has 3 aromatic heterocycles. The number of rotatable bonds is 3. The smallest absolute Gasteiger partial charge is 0.349 e. The van der Waals surface area contributed by atoms with Crippen molar-refractivity contribution < 1.29 is 9.21 Å². The molecule has 3 heterocycles. The Bertz CT molecular complexity index is 1590. The van der Waals surface area contributed by atoms with E-state index in [1.807, 2.05) is 54.0 Å². The van der Waals surface area contributed by atoms with Crippen LogP contribution in [0.4, 0.5) is 5.69 Å². The van der Waals surface area contributed by atoms with E-state index in [1.54, 1.807) is 18.2 Å². The van der Waals surface area contributed by atoms with E-state index >= 15 is 0 Å². The minimum Gasteiger partial charge on any atom is -0.421 e. The predicted molar refractivity (Wildman–Crippen MR) is 131 cm³/mol. The molecule has 5 rings (SSSR count). The number of pyridine rings is 1. The molecule has 0 aliphatic carbocycles. The van der Waals surface area contributed by atoms with Gasteiger partial charge in [0.25, 0.3) is 5.91 Å². The summed E-state index contributed by atoms with van der Waals surface area (Å²) in [5, 5.41) is 3.47. The van der Waals surface area contributed by atoms with Crippen LogP contribution in [0.25, 0.3) is 27.9 Å². The summed E-state index contributed by atoms with van der Waals surface area (Å²) in [5.41, 5.74) is 3.50. The number of para-hydroxylation sites is 1. The molecule has 8 heteroatoms. The number of imidazole rings is 1. The number of anilines is 1. The maximum Gasteiger partial charge on any atom is 0.349 e. The monoisotopic (exact) mass is 551 g/mol. The Kier molecular flexibility index (Phi) is 5.19. The van der Waals surface area contributed by atoms with Crippen LogP contribution in [0.5, 0.6) is 0 Å². The molecule has 1 N–H and O–H groups in total. The number of amides is 1. The van der Waals surface area contributed by atoms with Gasteiger partial charge in [0, 0.05) is 27.8 Å². The maximum atomic E-state index is 13.0. The molecule has 0 saturated heterocycles. The zero-order valence-electron chi connectivity index (χ0n) is 16.7. The van der Waals surface area contributed by atoms with Crippen LogP contribution < -0.4 is 10.9 Å². The lowest BCUT2D eigenvalue weighted by Gasteiger charge is -2.10. The van der Waals surface area contributed by atoms with E-state index in [0.717, 1.165) is 21.2 Å². The first kappa shape index (κ1) is 20.7. The predicted octanol–water partition coefficient (Wildman–Crippen LogP) is 6.19. The van der Waals surface area contributed by atoms with E-state index in [-0.39, 0.29) is 5.56 Å². The molecule has 0 radical (unpaired) electrons. The summed E-state index contributed by atoms with van der Waals surface area (Å²) in [5.74, 6) is -0.552. The van der Waals surface area contributed by atoms with Crippen molar-refractivity contribution >= 4 is 60.1 Å². The van der Waals surface area contributed by atoms with E-state index in [4.69, 9.17) is 9.40 Å². The van der Waals surface area contributed by atoms with E-state index < -0.39 is 11.5 Å². The number of carbonyl (C=O) groups excluding carboxylic acids is 1. The molecule has 0 spiro atoms. The molecule has 6 nitrogen and oxygen atoms in total. The van der Waals surface area contributed by atoms with Gasteiger partial charge in [-0.2, -0.15) is 0 Å². The van der Waals surface area contributed by atoms with Gasteiger partial charge < -0.3 is 14.1 Å². The zero-order valence-corrected chi connectivity index (χ0v) is 19.9. The van der Waals surface area contributed by atoms with Gasteiger partial charge in [-0.25, -0.2) is 9.78 Å². The summed E-state index contributed by atoms with van der Waals surface area (Å²) in [7, 11) is 0. The highest BCUT2D eigenvalue weighted by Gasteiger charge is 2.18. The number of aromatic nitrogens is 2. The molecule has 0 saturated carbocycles. The molecule has 0 atom stereocenters. The Labute approximate surface area is 199 Å². The van der Waals surface area contributed by atoms with Crippen LogP contribution in [0.15, 0.2) is 85.1 Å². The fraction of sp³-hybridized carbons (Fsp3) is 0.0417. The van der Waals surface area contributed by atoms with Gasteiger partial charge in [-0.15, -0.1) is 0 Å². The molecule has 0 aliphatic heterocycles. The quantitative estimate of drug-likeness (QED) is 0.271. The standard InChI is InChI=1S/C24H15Br2N3O3/c1-13-5-4-8-29-12-20(27-22(13)29)16-6-2-3-7-19(16)28-23(30)17-10-14-9-15(25)11-18(26)21(14)32-24(17)31/h2-12H,1H3,(H,28,30). The van der Waals surface area contributed by atoms with Crippen molar-refractivity contribution in [3.8, 4) is 11.3 Å². The largest absolute Gasteiger partial charge is 0.421 e. The summed E-state index contributed by atoms with van der Waals surface area (Å²) in [6.45, 7) is 2.00. The van der Waals surface area contributed by atoms with Gasteiger partial charge in [-0.1, -0.05) is 40.2 Å². The Morgan fingerprint density at radius 3 is 2.72 bits per heavy atom. The van der Waals surface area contributed by atoms with Gasteiger partial charge in [0.15, 0.2) is 5.58 Å². The SMILES string of the molecule is Cc1cccn2cc(-c3ccccc3NC(=O)c3cc4cc(Br)cc(Br)c4oc3=O)nc12. The lowest BCUT2D eigenvalue weighted by Crippen LogP contribution is -2.21. The van der Waals surface area contributed by atoms with Crippen LogP contribution >= 0.6 is 31.9 Å². The second-order valence-corrected chi connectivity index (χ2v) is 9.07. The minimum absolute atomic E-state index is 0.0804. The van der Waals surface area contributed by atoms with Crippen molar-refractivity contribution in [3.05, 3.63) is 97.5 Å². The topological polar surface area (TPSA) is 76.6 Å². The number of carbonyl (C=O) groups is 1. The average molecular weight is 553 g/mol. The Hall–Kier alpha value is -3.23. The number of nitrogens with one attached hydrogen (secondary N) is 1. The summed E-state index contributed by atoms with van der Waals surface area (Å²) in [4.78, 5) is 30.3. The molecule has 0 unspecified atom stereocenters. The zero-order chi connectivity index (χ0) is 22.4. The normalized spacial score (nSPS) is 11.2. The van der Waals surface area contributed by atoms with Gasteiger partial charge in [-0.3, -0.25) is 4.79 Å². The van der Waals surface area contributed by atoms with Crippen molar-refractivity contribution in [2.45, 2.75) is 6.92 Å². The Morgan fingerprint density at radius 1 is 1.09 bits per heavy atom. The number of aryl methyl sites for hydroxylation is 1. The Morgan fingerprint density at radius 2 is 1.91 bits per heavy atom. The lowest BCUT2D eigenvalue weighted by atomic mass is 10.1. The summed E-state index contributed by atoms with van der Waals surface area (Å²) in [6, 6.07) is 16.4. The third-order valence-electron chi connectivity index (χ3n) is 5.13. The van der Waals surface area contributed by atoms with Gasteiger partial charge in [-0.05, 0) is 58.7 Å². The third-order valence-corrected chi connectivity index (χ3v) is 6.17. The molecule has 32 heavy (non-hydrogen) atoms. The summed E-state index contributed by atoms with van der Waals surface area (Å²) in [6.07, 6.45) is 3.84. The fourth-order valence-electron chi connectivity index (χ4n) is 3.60. The number of hydrogen-bond acceptors (Lipinski definition) is 4. The molecule has 5 aromatic rings. The molecule has 0 bridgehead atoms. The molecular formula is C24H15Br2N3O3. The first-order valence-electron chi connectivity index (χ1n) is 9.69. The van der Waals surface area contributed by atoms with Crippen molar-refractivity contribution in [3.63, 3.8) is 0 Å². The lowest BCUT2D eigenvalue weighted by molar-refractivity contribution is 0.102. The van der Waals surface area contributed by atoms with Crippen LogP contribution in [0.3, 0.4) is 0 Å². The maximum absolute atomic E-state index is 13.0. The molecule has 0 fully saturated rings. The number of benzene rings is 2. The van der Waals surface area contributed by atoms with Gasteiger partial charge in [0.1, 0.15) is 11.2 Å². The van der Waals surface area contributed by atoms with E-state index in [9.17, 15) is 9.59 Å². The minimum atomic E-state index is -0.709. The number of halogens is 2. The second kappa shape index (κ2) is 8.03. The van der Waals surface area contributed by atoms with Gasteiger partial charge in [0.05, 0.1) is 15.9 Å². The van der Waals surface area contributed by atoms with Crippen molar-refractivity contribution in [1.82, 2.24) is 9.38 Å². The Balaban J connectivity index is 1.55. The second-order valence-electron chi connectivity index (χ2n) is 7.30. The van der Waals surface area contributed by atoms with Crippen LogP contribution in [0, 0.1) is 6.92 Å². The summed E-state index contributed by atoms with van der Waals surface area (Å²) < 4.78 is 8.77. The van der Waals surface area contributed by atoms with Crippen molar-refractivity contribution in [2.24, 2.45) is 0 Å². The van der Waals surface area contributed by atoms with Crippen molar-refractivity contribution in [1.29, 1.82) is 0 Å². The van der Waals surface area contributed by atoms with Crippen molar-refractivity contribution in [2.75, 3.05) is 5.32 Å². The molecule has 0 aliphatic rings. The average Bonchev–Trinajstić information content (AvgIpc) is 3.20. The fourth-order valence-corrected chi connectivity index (χ4v) is 4.94. The van der Waals surface area contributed by atoms with E-state index in [0.29, 0.717) is 26.8 Å². The highest BCUT2D eigenvalue weighted by Crippen LogP contribution is 2.30. The molecular weight excluding hydrogens is 538 g/mol.